The normalized spacial score (nSPS) is 29.5. The number of likely N-dealkylation sites (N-methyl/N-ethyl adjacent to an activating group) is 1. The lowest BCUT2D eigenvalue weighted by Gasteiger charge is -2.48. The van der Waals surface area contributed by atoms with Gasteiger partial charge in [0.25, 0.3) is 0 Å². The molecule has 1 aromatic carbocycles. The molecule has 106 valence electrons. The SMILES string of the molecule is CC1CCC(C(N)c2cccc(Cl)c2)(N(C)C)CC1. The van der Waals surface area contributed by atoms with E-state index in [2.05, 4.69) is 32.0 Å². The smallest absolute Gasteiger partial charge is 0.0482 e. The highest BCUT2D eigenvalue weighted by molar-refractivity contribution is 6.30. The van der Waals surface area contributed by atoms with E-state index in [1.54, 1.807) is 0 Å². The van der Waals surface area contributed by atoms with E-state index in [4.69, 9.17) is 17.3 Å². The van der Waals surface area contributed by atoms with Crippen LogP contribution in [-0.2, 0) is 0 Å². The molecule has 1 saturated carbocycles. The second-order valence-electron chi connectivity index (χ2n) is 6.21. The second-order valence-corrected chi connectivity index (χ2v) is 6.65. The molecule has 0 radical (unpaired) electrons. The zero-order valence-electron chi connectivity index (χ0n) is 12.2. The third-order valence-electron chi connectivity index (χ3n) is 4.82. The Morgan fingerprint density at radius 3 is 2.47 bits per heavy atom. The number of halogens is 1. The molecule has 2 N–H and O–H groups in total. The molecule has 19 heavy (non-hydrogen) atoms. The lowest BCUT2D eigenvalue weighted by atomic mass is 9.70. The topological polar surface area (TPSA) is 29.3 Å². The Labute approximate surface area is 121 Å². The lowest BCUT2D eigenvalue weighted by molar-refractivity contribution is 0.0564. The van der Waals surface area contributed by atoms with Crippen molar-refractivity contribution in [2.45, 2.75) is 44.2 Å². The van der Waals surface area contributed by atoms with Crippen molar-refractivity contribution in [2.75, 3.05) is 14.1 Å². The van der Waals surface area contributed by atoms with Gasteiger partial charge in [-0.2, -0.15) is 0 Å². The van der Waals surface area contributed by atoms with Gasteiger partial charge >= 0.3 is 0 Å². The Bertz CT molecular complexity index is 423. The molecule has 1 aromatic rings. The maximum Gasteiger partial charge on any atom is 0.0482 e. The molecular weight excluding hydrogens is 256 g/mol. The van der Waals surface area contributed by atoms with E-state index in [1.807, 2.05) is 18.2 Å². The van der Waals surface area contributed by atoms with Crippen LogP contribution in [0.2, 0.25) is 5.02 Å². The van der Waals surface area contributed by atoms with E-state index in [-0.39, 0.29) is 11.6 Å². The second kappa shape index (κ2) is 5.82. The molecule has 2 nitrogen and oxygen atoms in total. The number of rotatable bonds is 3. The molecule has 0 spiro atoms. The minimum absolute atomic E-state index is 0.0219. The average molecular weight is 281 g/mol. The number of hydrogen-bond donors (Lipinski definition) is 1. The zero-order chi connectivity index (χ0) is 14.0. The van der Waals surface area contributed by atoms with Crippen LogP contribution in [0.25, 0.3) is 0 Å². The third-order valence-corrected chi connectivity index (χ3v) is 5.05. The molecule has 0 heterocycles. The van der Waals surface area contributed by atoms with E-state index in [9.17, 15) is 0 Å². The Morgan fingerprint density at radius 2 is 1.95 bits per heavy atom. The molecule has 0 bridgehead atoms. The van der Waals surface area contributed by atoms with Gasteiger partial charge in [-0.1, -0.05) is 30.7 Å². The summed E-state index contributed by atoms with van der Waals surface area (Å²) in [7, 11) is 4.31. The van der Waals surface area contributed by atoms with E-state index in [1.165, 1.54) is 12.8 Å². The summed E-state index contributed by atoms with van der Waals surface area (Å²) in [5, 5.41) is 0.769. The van der Waals surface area contributed by atoms with Gasteiger partial charge in [0.15, 0.2) is 0 Å². The van der Waals surface area contributed by atoms with E-state index in [0.29, 0.717) is 0 Å². The molecule has 3 heteroatoms. The Kier molecular flexibility index (Phi) is 4.54. The zero-order valence-corrected chi connectivity index (χ0v) is 13.0. The first-order valence-corrected chi connectivity index (χ1v) is 7.52. The van der Waals surface area contributed by atoms with Crippen LogP contribution in [0.5, 0.6) is 0 Å². The highest BCUT2D eigenvalue weighted by atomic mass is 35.5. The van der Waals surface area contributed by atoms with Crippen molar-refractivity contribution >= 4 is 11.6 Å². The first-order valence-electron chi connectivity index (χ1n) is 7.14. The van der Waals surface area contributed by atoms with Gasteiger partial charge in [0.1, 0.15) is 0 Å². The van der Waals surface area contributed by atoms with Crippen LogP contribution < -0.4 is 5.73 Å². The van der Waals surface area contributed by atoms with Crippen molar-refractivity contribution in [3.63, 3.8) is 0 Å². The standard InChI is InChI=1S/C16H25ClN2/c1-12-7-9-16(10-8-12,19(2)3)15(18)13-5-4-6-14(17)11-13/h4-6,11-12,15H,7-10,18H2,1-3H3. The monoisotopic (exact) mass is 280 g/mol. The third kappa shape index (κ3) is 2.96. The molecule has 1 aliphatic rings. The van der Waals surface area contributed by atoms with Crippen molar-refractivity contribution < 1.29 is 0 Å². The fraction of sp³-hybridized carbons (Fsp3) is 0.625. The lowest BCUT2D eigenvalue weighted by Crippen LogP contribution is -2.54. The van der Waals surface area contributed by atoms with Crippen molar-refractivity contribution in [2.24, 2.45) is 11.7 Å². The van der Waals surface area contributed by atoms with Crippen molar-refractivity contribution in [3.05, 3.63) is 34.9 Å². The number of nitrogens with two attached hydrogens (primary N) is 1. The molecule has 1 aliphatic carbocycles. The van der Waals surface area contributed by atoms with Gasteiger partial charge in [-0.15, -0.1) is 0 Å². The summed E-state index contributed by atoms with van der Waals surface area (Å²) in [5.41, 5.74) is 7.84. The van der Waals surface area contributed by atoms with Crippen molar-refractivity contribution in [1.82, 2.24) is 4.90 Å². The predicted molar refractivity (Wildman–Crippen MR) is 82.4 cm³/mol. The first kappa shape index (κ1) is 14.8. The van der Waals surface area contributed by atoms with Crippen molar-refractivity contribution in [1.29, 1.82) is 0 Å². The fourth-order valence-corrected chi connectivity index (χ4v) is 3.51. The summed E-state index contributed by atoms with van der Waals surface area (Å²) in [4.78, 5) is 2.32. The molecule has 0 saturated heterocycles. The number of nitrogens with zero attached hydrogens (tertiary/aromatic N) is 1. The molecule has 0 aromatic heterocycles. The van der Waals surface area contributed by atoms with Crippen LogP contribution in [0.3, 0.4) is 0 Å². The van der Waals surface area contributed by atoms with Gasteiger partial charge in [0.2, 0.25) is 0 Å². The molecule has 2 rings (SSSR count). The van der Waals surface area contributed by atoms with Gasteiger partial charge in [-0.05, 0) is 63.4 Å². The van der Waals surface area contributed by atoms with E-state index in [0.717, 1.165) is 29.3 Å². The molecule has 1 fully saturated rings. The van der Waals surface area contributed by atoms with E-state index < -0.39 is 0 Å². The highest BCUT2D eigenvalue weighted by Crippen LogP contribution is 2.42. The summed E-state index contributed by atoms with van der Waals surface area (Å²) >= 11 is 6.11. The molecule has 1 unspecified atom stereocenters. The average Bonchev–Trinajstić information content (AvgIpc) is 2.39. The van der Waals surface area contributed by atoms with Gasteiger partial charge < -0.3 is 10.6 Å². The van der Waals surface area contributed by atoms with E-state index >= 15 is 0 Å². The van der Waals surface area contributed by atoms with Gasteiger partial charge in [-0.25, -0.2) is 0 Å². The van der Waals surface area contributed by atoms with Crippen LogP contribution in [0.1, 0.15) is 44.2 Å². The largest absolute Gasteiger partial charge is 0.322 e. The number of hydrogen-bond acceptors (Lipinski definition) is 2. The molecule has 0 amide bonds. The van der Waals surface area contributed by atoms with Crippen molar-refractivity contribution in [3.8, 4) is 0 Å². The molecular formula is C16H25ClN2. The maximum atomic E-state index is 6.62. The number of benzene rings is 1. The van der Waals surface area contributed by atoms with Gasteiger partial charge in [0.05, 0.1) is 0 Å². The van der Waals surface area contributed by atoms with Gasteiger partial charge in [-0.3, -0.25) is 0 Å². The minimum Gasteiger partial charge on any atom is -0.322 e. The van der Waals surface area contributed by atoms with Crippen LogP contribution >= 0.6 is 11.6 Å². The Hall–Kier alpha value is -0.570. The summed E-state index contributed by atoms with van der Waals surface area (Å²) in [6.45, 7) is 2.34. The summed E-state index contributed by atoms with van der Waals surface area (Å²) in [6.07, 6.45) is 4.84. The predicted octanol–water partition coefficient (Wildman–Crippen LogP) is 3.85. The van der Waals surface area contributed by atoms with Crippen LogP contribution in [0.15, 0.2) is 24.3 Å². The maximum absolute atomic E-state index is 6.62. The Morgan fingerprint density at radius 1 is 1.32 bits per heavy atom. The summed E-state index contributed by atoms with van der Waals surface area (Å²) in [6, 6.07) is 8.03. The van der Waals surface area contributed by atoms with Crippen LogP contribution in [0.4, 0.5) is 0 Å². The van der Waals surface area contributed by atoms with Gasteiger partial charge in [0, 0.05) is 16.6 Å². The van der Waals surface area contributed by atoms with Crippen LogP contribution in [-0.4, -0.2) is 24.5 Å². The van der Waals surface area contributed by atoms with Crippen LogP contribution in [0, 0.1) is 5.92 Å². The minimum atomic E-state index is 0.0219. The summed E-state index contributed by atoms with van der Waals surface area (Å²) < 4.78 is 0. The molecule has 1 atom stereocenters. The highest BCUT2D eigenvalue weighted by Gasteiger charge is 2.41. The fourth-order valence-electron chi connectivity index (χ4n) is 3.31. The summed E-state index contributed by atoms with van der Waals surface area (Å²) in [5.74, 6) is 0.819. The molecule has 0 aliphatic heterocycles. The first-order chi connectivity index (χ1) is 8.95. The quantitative estimate of drug-likeness (QED) is 0.911. The Balaban J connectivity index is 2.29.